The van der Waals surface area contributed by atoms with Gasteiger partial charge in [0.05, 0.1) is 27.2 Å². The van der Waals surface area contributed by atoms with E-state index in [9.17, 15) is 14.3 Å². The molecule has 0 aliphatic heterocycles. The SMILES string of the molecule is Cc1cnc(CS(=O)c2ccccc2[N+](=O)[O-])c(C)c1N. The van der Waals surface area contributed by atoms with Crippen LogP contribution in [0.4, 0.5) is 11.4 Å². The normalized spacial score (nSPS) is 12.1. The molecule has 1 aromatic carbocycles. The molecule has 110 valence electrons. The highest BCUT2D eigenvalue weighted by Gasteiger charge is 2.19. The van der Waals surface area contributed by atoms with Gasteiger partial charge in [0.15, 0.2) is 0 Å². The number of nitro benzene ring substituents is 1. The van der Waals surface area contributed by atoms with Crippen molar-refractivity contribution in [1.82, 2.24) is 4.98 Å². The van der Waals surface area contributed by atoms with Gasteiger partial charge in [0.1, 0.15) is 4.90 Å². The van der Waals surface area contributed by atoms with Gasteiger partial charge in [-0.25, -0.2) is 0 Å². The predicted molar refractivity (Wildman–Crippen MR) is 81.3 cm³/mol. The average molecular weight is 305 g/mol. The van der Waals surface area contributed by atoms with Crippen LogP contribution in [0.2, 0.25) is 0 Å². The van der Waals surface area contributed by atoms with Gasteiger partial charge >= 0.3 is 0 Å². The van der Waals surface area contributed by atoms with Crippen LogP contribution in [0.3, 0.4) is 0 Å². The zero-order chi connectivity index (χ0) is 15.6. The lowest BCUT2D eigenvalue weighted by Gasteiger charge is -2.10. The van der Waals surface area contributed by atoms with E-state index in [0.717, 1.165) is 11.1 Å². The molecule has 2 N–H and O–H groups in total. The molecule has 0 amide bonds. The largest absolute Gasteiger partial charge is 0.398 e. The highest BCUT2D eigenvalue weighted by molar-refractivity contribution is 7.84. The van der Waals surface area contributed by atoms with Crippen LogP contribution in [0.25, 0.3) is 0 Å². The number of hydrogen-bond donors (Lipinski definition) is 1. The molecule has 2 rings (SSSR count). The maximum atomic E-state index is 12.4. The van der Waals surface area contributed by atoms with Crippen LogP contribution >= 0.6 is 0 Å². The molecule has 0 saturated heterocycles. The van der Waals surface area contributed by atoms with Gasteiger partial charge in [0, 0.05) is 18.0 Å². The van der Waals surface area contributed by atoms with Crippen LogP contribution in [-0.4, -0.2) is 14.1 Å². The smallest absolute Gasteiger partial charge is 0.285 e. The number of nitrogens with two attached hydrogens (primary N) is 1. The molecule has 0 bridgehead atoms. The third-order valence-corrected chi connectivity index (χ3v) is 4.62. The van der Waals surface area contributed by atoms with Crippen molar-refractivity contribution in [2.75, 3.05) is 5.73 Å². The molecule has 1 heterocycles. The van der Waals surface area contributed by atoms with Crippen molar-refractivity contribution >= 4 is 22.2 Å². The van der Waals surface area contributed by atoms with E-state index in [1.165, 1.54) is 12.1 Å². The summed E-state index contributed by atoms with van der Waals surface area (Å²) in [5, 5.41) is 11.0. The lowest BCUT2D eigenvalue weighted by atomic mass is 10.1. The number of hydrogen-bond acceptors (Lipinski definition) is 5. The second-order valence-corrected chi connectivity index (χ2v) is 6.06. The molecule has 6 nitrogen and oxygen atoms in total. The molecule has 7 heteroatoms. The van der Waals surface area contributed by atoms with Gasteiger partial charge in [0.2, 0.25) is 0 Å². The van der Waals surface area contributed by atoms with Crippen molar-refractivity contribution in [3.63, 3.8) is 0 Å². The monoisotopic (exact) mass is 305 g/mol. The van der Waals surface area contributed by atoms with Gasteiger partial charge in [-0.3, -0.25) is 19.3 Å². The van der Waals surface area contributed by atoms with Crippen molar-refractivity contribution in [1.29, 1.82) is 0 Å². The zero-order valence-corrected chi connectivity index (χ0v) is 12.5. The van der Waals surface area contributed by atoms with Gasteiger partial charge in [0.25, 0.3) is 5.69 Å². The number of benzene rings is 1. The van der Waals surface area contributed by atoms with Crippen LogP contribution < -0.4 is 5.73 Å². The van der Waals surface area contributed by atoms with Crippen molar-refractivity contribution in [2.45, 2.75) is 24.5 Å². The second-order valence-electron chi connectivity index (χ2n) is 4.64. The Hall–Kier alpha value is -2.28. The Labute approximate surface area is 124 Å². The predicted octanol–water partition coefficient (Wildman–Crippen LogP) is 2.50. The molecular formula is C14H15N3O3S. The standard InChI is InChI=1S/C14H15N3O3S/c1-9-7-16-11(10(2)14(9)15)8-21(20)13-6-4-3-5-12(13)17(18)19/h3-7H,8H2,1-2H3,(H2,15,16). The van der Waals surface area contributed by atoms with Crippen molar-refractivity contribution in [3.8, 4) is 0 Å². The molecule has 0 spiro atoms. The number of pyridine rings is 1. The highest BCUT2D eigenvalue weighted by atomic mass is 32.2. The Bertz CT molecular complexity index is 731. The second kappa shape index (κ2) is 6.01. The van der Waals surface area contributed by atoms with Gasteiger partial charge in [-0.1, -0.05) is 12.1 Å². The van der Waals surface area contributed by atoms with Crippen LogP contribution in [0.5, 0.6) is 0 Å². The molecule has 0 fully saturated rings. The van der Waals surface area contributed by atoms with Crippen LogP contribution in [0.1, 0.15) is 16.8 Å². The Morgan fingerprint density at radius 2 is 2.00 bits per heavy atom. The van der Waals surface area contributed by atoms with Gasteiger partial charge in [-0.05, 0) is 31.0 Å². The summed E-state index contributed by atoms with van der Waals surface area (Å²) in [5.74, 6) is 0.0984. The third kappa shape index (κ3) is 3.08. The van der Waals surface area contributed by atoms with Crippen molar-refractivity contribution in [3.05, 3.63) is 57.4 Å². The maximum Gasteiger partial charge on any atom is 0.285 e. The first-order chi connectivity index (χ1) is 9.91. The summed E-state index contributed by atoms with van der Waals surface area (Å²) in [5.41, 5.74) is 8.61. The average Bonchev–Trinajstić information content (AvgIpc) is 2.47. The minimum atomic E-state index is -1.55. The number of nitrogens with zero attached hydrogens (tertiary/aromatic N) is 2. The fourth-order valence-electron chi connectivity index (χ4n) is 1.94. The minimum absolute atomic E-state index is 0.0984. The van der Waals surface area contributed by atoms with Crippen LogP contribution in [-0.2, 0) is 16.6 Å². The summed E-state index contributed by atoms with van der Waals surface area (Å²) in [4.78, 5) is 14.9. The van der Waals surface area contributed by atoms with Crippen molar-refractivity contribution < 1.29 is 9.13 Å². The fourth-order valence-corrected chi connectivity index (χ4v) is 3.24. The van der Waals surface area contributed by atoms with E-state index in [4.69, 9.17) is 5.73 Å². The number of nitrogen functional groups attached to an aromatic ring is 1. The number of rotatable bonds is 4. The highest BCUT2D eigenvalue weighted by Crippen LogP contribution is 2.25. The third-order valence-electron chi connectivity index (χ3n) is 3.25. The van der Waals surface area contributed by atoms with Gasteiger partial charge < -0.3 is 5.73 Å². The summed E-state index contributed by atoms with van der Waals surface area (Å²) in [6.45, 7) is 3.65. The molecule has 0 saturated carbocycles. The number of aryl methyl sites for hydroxylation is 1. The molecule has 0 aliphatic rings. The van der Waals surface area contributed by atoms with Gasteiger partial charge in [-0.2, -0.15) is 0 Å². The topological polar surface area (TPSA) is 99.1 Å². The molecule has 1 unspecified atom stereocenters. The lowest BCUT2D eigenvalue weighted by molar-refractivity contribution is -0.387. The van der Waals surface area contributed by atoms with E-state index in [0.29, 0.717) is 11.4 Å². The number of para-hydroxylation sites is 1. The summed E-state index contributed by atoms with van der Waals surface area (Å²) < 4.78 is 12.4. The first-order valence-corrected chi connectivity index (χ1v) is 7.56. The summed E-state index contributed by atoms with van der Waals surface area (Å²) in [6.07, 6.45) is 1.62. The Balaban J connectivity index is 2.35. The minimum Gasteiger partial charge on any atom is -0.398 e. The fraction of sp³-hybridized carbons (Fsp3) is 0.214. The Kier molecular flexibility index (Phi) is 4.32. The van der Waals surface area contributed by atoms with E-state index >= 15 is 0 Å². The Morgan fingerprint density at radius 1 is 1.33 bits per heavy atom. The quantitative estimate of drug-likeness (QED) is 0.691. The van der Waals surface area contributed by atoms with E-state index in [1.54, 1.807) is 25.3 Å². The van der Waals surface area contributed by atoms with Crippen LogP contribution in [0.15, 0.2) is 35.4 Å². The van der Waals surface area contributed by atoms with Crippen molar-refractivity contribution in [2.24, 2.45) is 0 Å². The molecule has 1 aromatic heterocycles. The number of nitro groups is 1. The lowest BCUT2D eigenvalue weighted by Crippen LogP contribution is -2.06. The molecular weight excluding hydrogens is 290 g/mol. The van der Waals surface area contributed by atoms with E-state index < -0.39 is 15.7 Å². The summed E-state index contributed by atoms with van der Waals surface area (Å²) in [6, 6.07) is 6.02. The van der Waals surface area contributed by atoms with Crippen LogP contribution in [0, 0.1) is 24.0 Å². The zero-order valence-electron chi connectivity index (χ0n) is 11.7. The molecule has 21 heavy (non-hydrogen) atoms. The first-order valence-electron chi connectivity index (χ1n) is 6.24. The summed E-state index contributed by atoms with van der Waals surface area (Å²) in [7, 11) is -1.55. The van der Waals surface area contributed by atoms with Gasteiger partial charge in [-0.15, -0.1) is 0 Å². The maximum absolute atomic E-state index is 12.4. The molecule has 0 radical (unpaired) electrons. The first kappa shape index (κ1) is 15.1. The molecule has 0 aliphatic carbocycles. The number of anilines is 1. The molecule has 1 atom stereocenters. The summed E-state index contributed by atoms with van der Waals surface area (Å²) >= 11 is 0. The van der Waals surface area contributed by atoms with E-state index in [-0.39, 0.29) is 16.3 Å². The molecule has 2 aromatic rings. The number of aromatic nitrogens is 1. The Morgan fingerprint density at radius 3 is 2.67 bits per heavy atom. The van der Waals surface area contributed by atoms with E-state index in [2.05, 4.69) is 4.98 Å². The van der Waals surface area contributed by atoms with E-state index in [1.807, 2.05) is 6.92 Å².